The van der Waals surface area contributed by atoms with Crippen molar-refractivity contribution in [3.63, 3.8) is 0 Å². The quantitative estimate of drug-likeness (QED) is 0.765. The van der Waals surface area contributed by atoms with Crippen molar-refractivity contribution < 1.29 is 9.18 Å². The molecule has 116 valence electrons. The monoisotopic (exact) mass is 312 g/mol. The predicted octanol–water partition coefficient (Wildman–Crippen LogP) is 1.19. The van der Waals surface area contributed by atoms with E-state index in [1.165, 1.54) is 16.9 Å². The number of carbonyl (C=O) groups excluding carboxylic acids is 1. The number of halogens is 1. The van der Waals surface area contributed by atoms with Crippen LogP contribution in [0.4, 0.5) is 4.39 Å². The Morgan fingerprint density at radius 3 is 2.61 bits per heavy atom. The molecule has 0 atom stereocenters. The molecule has 1 amide bonds. The first kappa shape index (κ1) is 14.8. The average Bonchev–Trinajstić information content (AvgIpc) is 3.04. The molecule has 0 aliphatic heterocycles. The number of pyridine rings is 1. The van der Waals surface area contributed by atoms with Gasteiger partial charge < -0.3 is 5.32 Å². The summed E-state index contributed by atoms with van der Waals surface area (Å²) in [5.74, 6) is -0.137. The Balaban J connectivity index is 1.56. The third kappa shape index (κ3) is 3.94. The van der Waals surface area contributed by atoms with E-state index in [0.717, 1.165) is 11.1 Å². The van der Waals surface area contributed by atoms with Crippen molar-refractivity contribution >= 4 is 5.91 Å². The minimum absolute atomic E-state index is 0.0424. The number of benzene rings is 1. The van der Waals surface area contributed by atoms with Gasteiger partial charge >= 0.3 is 0 Å². The van der Waals surface area contributed by atoms with E-state index in [0.29, 0.717) is 12.4 Å². The summed E-state index contributed by atoms with van der Waals surface area (Å²) in [4.78, 5) is 17.0. The Morgan fingerprint density at radius 1 is 1.13 bits per heavy atom. The van der Waals surface area contributed by atoms with Gasteiger partial charge in [0.05, 0.1) is 0 Å². The van der Waals surface area contributed by atoms with Crippen LogP contribution in [-0.2, 0) is 17.9 Å². The zero-order chi connectivity index (χ0) is 16.1. The zero-order valence-corrected chi connectivity index (χ0v) is 12.1. The zero-order valence-electron chi connectivity index (χ0n) is 12.1. The summed E-state index contributed by atoms with van der Waals surface area (Å²) in [7, 11) is 0. The number of tetrazole rings is 1. The average molecular weight is 312 g/mol. The van der Waals surface area contributed by atoms with Crippen molar-refractivity contribution in [2.24, 2.45) is 0 Å². The molecule has 0 saturated heterocycles. The van der Waals surface area contributed by atoms with Crippen molar-refractivity contribution in [2.75, 3.05) is 0 Å². The summed E-state index contributed by atoms with van der Waals surface area (Å²) in [6, 6.07) is 9.45. The Hall–Kier alpha value is -3.16. The number of aromatic nitrogens is 5. The number of amides is 1. The van der Waals surface area contributed by atoms with Crippen LogP contribution in [0.15, 0.2) is 48.8 Å². The minimum atomic E-state index is -0.310. The van der Waals surface area contributed by atoms with E-state index in [2.05, 4.69) is 25.7 Å². The summed E-state index contributed by atoms with van der Waals surface area (Å²) in [5, 5.41) is 14.6. The second-order valence-electron chi connectivity index (χ2n) is 4.78. The summed E-state index contributed by atoms with van der Waals surface area (Å²) >= 11 is 0. The molecule has 23 heavy (non-hydrogen) atoms. The van der Waals surface area contributed by atoms with Gasteiger partial charge in [-0.2, -0.15) is 4.80 Å². The highest BCUT2D eigenvalue weighted by atomic mass is 19.1. The van der Waals surface area contributed by atoms with Crippen molar-refractivity contribution in [3.8, 4) is 11.4 Å². The highest BCUT2D eigenvalue weighted by molar-refractivity contribution is 5.75. The van der Waals surface area contributed by atoms with Crippen LogP contribution in [0.3, 0.4) is 0 Å². The maximum atomic E-state index is 12.8. The second-order valence-corrected chi connectivity index (χ2v) is 4.78. The smallest absolute Gasteiger partial charge is 0.243 e. The van der Waals surface area contributed by atoms with Gasteiger partial charge in [0.25, 0.3) is 0 Å². The molecule has 0 fully saturated rings. The number of hydrogen-bond donors (Lipinski definition) is 1. The molecular formula is C15H13FN6O. The first-order chi connectivity index (χ1) is 11.2. The van der Waals surface area contributed by atoms with Gasteiger partial charge in [0.2, 0.25) is 11.7 Å². The van der Waals surface area contributed by atoms with Crippen LogP contribution < -0.4 is 5.32 Å². The molecular weight excluding hydrogens is 299 g/mol. The molecule has 0 saturated carbocycles. The molecule has 1 aromatic carbocycles. The van der Waals surface area contributed by atoms with E-state index in [-0.39, 0.29) is 18.3 Å². The highest BCUT2D eigenvalue weighted by Crippen LogP contribution is 2.10. The van der Waals surface area contributed by atoms with Gasteiger partial charge in [0.1, 0.15) is 12.4 Å². The van der Waals surface area contributed by atoms with Crippen LogP contribution in [0.1, 0.15) is 5.56 Å². The van der Waals surface area contributed by atoms with E-state index < -0.39 is 0 Å². The number of rotatable bonds is 5. The van der Waals surface area contributed by atoms with Crippen LogP contribution in [0.25, 0.3) is 11.4 Å². The number of nitrogens with zero attached hydrogens (tertiary/aromatic N) is 5. The number of nitrogens with one attached hydrogen (secondary N) is 1. The van der Waals surface area contributed by atoms with Crippen molar-refractivity contribution in [3.05, 3.63) is 60.2 Å². The van der Waals surface area contributed by atoms with E-state index in [1.54, 1.807) is 36.7 Å². The summed E-state index contributed by atoms with van der Waals surface area (Å²) < 4.78 is 12.8. The third-order valence-corrected chi connectivity index (χ3v) is 3.08. The maximum Gasteiger partial charge on any atom is 0.243 e. The molecule has 0 spiro atoms. The highest BCUT2D eigenvalue weighted by Gasteiger charge is 2.09. The van der Waals surface area contributed by atoms with E-state index in [4.69, 9.17) is 0 Å². The summed E-state index contributed by atoms with van der Waals surface area (Å²) in [6.45, 7) is 0.268. The molecule has 1 N–H and O–H groups in total. The first-order valence-corrected chi connectivity index (χ1v) is 6.90. The Labute approximate surface area is 131 Å². The molecule has 0 aliphatic carbocycles. The second kappa shape index (κ2) is 6.73. The van der Waals surface area contributed by atoms with Crippen molar-refractivity contribution in [1.82, 2.24) is 30.5 Å². The lowest BCUT2D eigenvalue weighted by Crippen LogP contribution is -2.28. The van der Waals surface area contributed by atoms with Gasteiger partial charge in [-0.05, 0) is 35.0 Å². The lowest BCUT2D eigenvalue weighted by Gasteiger charge is -2.04. The lowest BCUT2D eigenvalue weighted by molar-refractivity contribution is -0.122. The van der Waals surface area contributed by atoms with Gasteiger partial charge in [0, 0.05) is 24.5 Å². The molecule has 2 heterocycles. The molecule has 0 radical (unpaired) electrons. The molecule has 3 aromatic rings. The van der Waals surface area contributed by atoms with Gasteiger partial charge in [-0.25, -0.2) is 4.39 Å². The maximum absolute atomic E-state index is 12.8. The molecule has 0 aliphatic rings. The van der Waals surface area contributed by atoms with E-state index in [9.17, 15) is 9.18 Å². The Bertz CT molecular complexity index is 787. The fourth-order valence-corrected chi connectivity index (χ4v) is 1.91. The van der Waals surface area contributed by atoms with E-state index in [1.807, 2.05) is 0 Å². The SMILES string of the molecule is O=C(Cn1nnc(-c2ccncc2)n1)NCc1ccc(F)cc1. The largest absolute Gasteiger partial charge is 0.350 e. The van der Waals surface area contributed by atoms with Crippen LogP contribution in [0.2, 0.25) is 0 Å². The molecule has 2 aromatic heterocycles. The molecule has 3 rings (SSSR count). The van der Waals surface area contributed by atoms with Crippen LogP contribution >= 0.6 is 0 Å². The fraction of sp³-hybridized carbons (Fsp3) is 0.133. The fourth-order valence-electron chi connectivity index (χ4n) is 1.91. The minimum Gasteiger partial charge on any atom is -0.350 e. The van der Waals surface area contributed by atoms with Gasteiger partial charge in [0.15, 0.2) is 0 Å². The molecule has 7 nitrogen and oxygen atoms in total. The number of carbonyl (C=O) groups is 1. The van der Waals surface area contributed by atoms with E-state index >= 15 is 0 Å². The third-order valence-electron chi connectivity index (χ3n) is 3.08. The van der Waals surface area contributed by atoms with Crippen molar-refractivity contribution in [1.29, 1.82) is 0 Å². The molecule has 8 heteroatoms. The first-order valence-electron chi connectivity index (χ1n) is 6.90. The summed E-state index contributed by atoms with van der Waals surface area (Å²) in [6.07, 6.45) is 3.26. The van der Waals surface area contributed by atoms with Crippen LogP contribution in [0, 0.1) is 5.82 Å². The van der Waals surface area contributed by atoms with Crippen molar-refractivity contribution in [2.45, 2.75) is 13.1 Å². The normalized spacial score (nSPS) is 10.5. The predicted molar refractivity (Wildman–Crippen MR) is 79.3 cm³/mol. The Morgan fingerprint density at radius 2 is 1.87 bits per heavy atom. The summed E-state index contributed by atoms with van der Waals surface area (Å²) in [5.41, 5.74) is 1.58. The van der Waals surface area contributed by atoms with Gasteiger partial charge in [-0.15, -0.1) is 10.2 Å². The van der Waals surface area contributed by atoms with Gasteiger partial charge in [-0.1, -0.05) is 12.1 Å². The molecule has 0 unspecified atom stereocenters. The van der Waals surface area contributed by atoms with Crippen LogP contribution in [-0.4, -0.2) is 31.1 Å². The lowest BCUT2D eigenvalue weighted by atomic mass is 10.2. The van der Waals surface area contributed by atoms with Crippen LogP contribution in [0.5, 0.6) is 0 Å². The topological polar surface area (TPSA) is 85.6 Å². The molecule has 0 bridgehead atoms. The standard InChI is InChI=1S/C15H13FN6O/c16-13-3-1-11(2-4-13)9-18-14(23)10-22-20-15(19-21-22)12-5-7-17-8-6-12/h1-8H,9-10H2,(H,18,23). The van der Waals surface area contributed by atoms with Gasteiger partial charge in [-0.3, -0.25) is 9.78 Å². The number of hydrogen-bond acceptors (Lipinski definition) is 5. The Kier molecular flexibility index (Phi) is 4.32.